The van der Waals surface area contributed by atoms with Crippen molar-refractivity contribution in [3.63, 3.8) is 0 Å². The molecule has 0 rings (SSSR count). The lowest BCUT2D eigenvalue weighted by Gasteiger charge is -2.25. The van der Waals surface area contributed by atoms with Crippen LogP contribution < -0.4 is 16.0 Å². The van der Waals surface area contributed by atoms with Gasteiger partial charge in [-0.1, -0.05) is 6.08 Å². The van der Waals surface area contributed by atoms with Gasteiger partial charge in [-0.3, -0.25) is 4.79 Å². The third-order valence-corrected chi connectivity index (χ3v) is 3.96. The van der Waals surface area contributed by atoms with Crippen LogP contribution in [0.3, 0.4) is 0 Å². The maximum atomic E-state index is 12.9. The summed E-state index contributed by atoms with van der Waals surface area (Å²) >= 11 is 0. The van der Waals surface area contributed by atoms with E-state index in [1.54, 1.807) is 69.2 Å². The highest BCUT2D eigenvalue weighted by Crippen LogP contribution is 2.10. The second kappa shape index (κ2) is 14.1. The summed E-state index contributed by atoms with van der Waals surface area (Å²) in [7, 11) is 0. The third kappa shape index (κ3) is 18.5. The molecule has 11 nitrogen and oxygen atoms in total. The number of hydrogen-bond donors (Lipinski definition) is 4. The van der Waals surface area contributed by atoms with E-state index < -0.39 is 59.1 Å². The lowest BCUT2D eigenvalue weighted by molar-refractivity contribution is -0.148. The van der Waals surface area contributed by atoms with Crippen molar-refractivity contribution >= 4 is 24.1 Å². The predicted octanol–water partition coefficient (Wildman–Crippen LogP) is 2.95. The number of aliphatic hydroxyl groups is 1. The summed E-state index contributed by atoms with van der Waals surface area (Å²) in [6.07, 6.45) is 0.177. The minimum Gasteiger partial charge on any atom is -0.457 e. The molecule has 0 saturated carbocycles. The van der Waals surface area contributed by atoms with Crippen LogP contribution in [-0.2, 0) is 23.8 Å². The van der Waals surface area contributed by atoms with Gasteiger partial charge in [0.05, 0.1) is 6.10 Å². The Hall–Kier alpha value is -2.82. The van der Waals surface area contributed by atoms with Gasteiger partial charge in [-0.25, -0.2) is 14.4 Å². The molecule has 3 atom stereocenters. The number of carbonyl (C=O) groups is 4. The van der Waals surface area contributed by atoms with Crippen LogP contribution in [0.1, 0.15) is 82.1 Å². The highest BCUT2D eigenvalue weighted by molar-refractivity contribution is 5.86. The van der Waals surface area contributed by atoms with Crippen LogP contribution in [-0.4, -0.2) is 70.7 Å². The number of esters is 1. The van der Waals surface area contributed by atoms with E-state index in [1.165, 1.54) is 12.2 Å². The number of amides is 3. The molecule has 0 heterocycles. The molecule has 0 aromatic rings. The van der Waals surface area contributed by atoms with Gasteiger partial charge < -0.3 is 35.3 Å². The maximum Gasteiger partial charge on any atom is 0.408 e. The number of alkyl carbamates (subject to hydrolysis) is 2. The lowest BCUT2D eigenvalue weighted by Crippen LogP contribution is -2.51. The van der Waals surface area contributed by atoms with Crippen LogP contribution in [0.5, 0.6) is 0 Å². The number of rotatable bonds is 10. The van der Waals surface area contributed by atoms with E-state index in [0.29, 0.717) is 0 Å². The standard InChI is InChI=1S/C25H45N3O8/c1-16(11-12-19(30)34-23(2,3)4)27-20(31)18(28-22(33)36-25(8,9)10)15-17(29)13-14-26-21(32)35-24(5,6)7/h11-12,16-18,29H,13-15H2,1-10H3,(H,26,32)(H,27,31)(H,28,33)/b12-11+/t16-,17+,18-/m0/s1. The Labute approximate surface area is 214 Å². The number of ether oxygens (including phenoxy) is 3. The fraction of sp³-hybridized carbons (Fsp3) is 0.760. The zero-order chi connectivity index (χ0) is 28.3. The topological polar surface area (TPSA) is 152 Å². The Kier molecular flexibility index (Phi) is 13.0. The second-order valence-electron chi connectivity index (χ2n) is 11.5. The summed E-state index contributed by atoms with van der Waals surface area (Å²) in [5.41, 5.74) is -2.09. The van der Waals surface area contributed by atoms with Gasteiger partial charge in [0.25, 0.3) is 0 Å². The Morgan fingerprint density at radius 1 is 0.806 bits per heavy atom. The summed E-state index contributed by atoms with van der Waals surface area (Å²) in [5.74, 6) is -1.14. The third-order valence-electron chi connectivity index (χ3n) is 3.96. The Morgan fingerprint density at radius 2 is 1.31 bits per heavy atom. The van der Waals surface area contributed by atoms with Gasteiger partial charge in [0.15, 0.2) is 0 Å². The first-order valence-corrected chi connectivity index (χ1v) is 12.0. The fourth-order valence-electron chi connectivity index (χ4n) is 2.66. The molecular weight excluding hydrogens is 470 g/mol. The van der Waals surface area contributed by atoms with Crippen LogP contribution in [0.15, 0.2) is 12.2 Å². The zero-order valence-electron chi connectivity index (χ0n) is 23.3. The molecule has 4 N–H and O–H groups in total. The molecule has 11 heteroatoms. The van der Waals surface area contributed by atoms with Gasteiger partial charge in [0, 0.05) is 25.1 Å². The van der Waals surface area contributed by atoms with Gasteiger partial charge in [0.2, 0.25) is 5.91 Å². The normalized spacial score (nSPS) is 14.9. The van der Waals surface area contributed by atoms with E-state index in [9.17, 15) is 24.3 Å². The highest BCUT2D eigenvalue weighted by atomic mass is 16.6. The lowest BCUT2D eigenvalue weighted by atomic mass is 10.1. The minimum absolute atomic E-state index is 0.103. The molecule has 0 aliphatic carbocycles. The number of aliphatic hydroxyl groups excluding tert-OH is 1. The summed E-state index contributed by atoms with van der Waals surface area (Å²) in [5, 5.41) is 18.1. The molecule has 0 spiro atoms. The number of nitrogens with one attached hydrogen (secondary N) is 3. The van der Waals surface area contributed by atoms with Crippen molar-refractivity contribution in [1.82, 2.24) is 16.0 Å². The van der Waals surface area contributed by atoms with Gasteiger partial charge >= 0.3 is 18.2 Å². The van der Waals surface area contributed by atoms with Crippen molar-refractivity contribution in [1.29, 1.82) is 0 Å². The minimum atomic E-state index is -1.13. The van der Waals surface area contributed by atoms with Crippen LogP contribution in [0.4, 0.5) is 9.59 Å². The van der Waals surface area contributed by atoms with Crippen molar-refractivity contribution in [3.8, 4) is 0 Å². The number of hydrogen-bond acceptors (Lipinski definition) is 8. The molecular formula is C25H45N3O8. The van der Waals surface area contributed by atoms with Crippen molar-refractivity contribution in [2.24, 2.45) is 0 Å². The van der Waals surface area contributed by atoms with Gasteiger partial charge in [-0.2, -0.15) is 0 Å². The van der Waals surface area contributed by atoms with E-state index in [0.717, 1.165) is 0 Å². The van der Waals surface area contributed by atoms with E-state index in [1.807, 2.05) is 0 Å². The quantitative estimate of drug-likeness (QED) is 0.197. The summed E-state index contributed by atoms with van der Waals surface area (Å²) < 4.78 is 15.6. The molecule has 208 valence electrons. The monoisotopic (exact) mass is 515 g/mol. The van der Waals surface area contributed by atoms with Gasteiger partial charge in [-0.05, 0) is 75.7 Å². The van der Waals surface area contributed by atoms with Gasteiger partial charge in [0.1, 0.15) is 22.8 Å². The fourth-order valence-corrected chi connectivity index (χ4v) is 2.66. The average Bonchev–Trinajstić information content (AvgIpc) is 2.61. The van der Waals surface area contributed by atoms with Crippen molar-refractivity contribution in [3.05, 3.63) is 12.2 Å². The summed E-state index contributed by atoms with van der Waals surface area (Å²) in [6.45, 7) is 17.2. The first kappa shape index (κ1) is 33.2. The van der Waals surface area contributed by atoms with E-state index in [2.05, 4.69) is 16.0 Å². The first-order chi connectivity index (χ1) is 16.2. The molecule has 0 fully saturated rings. The molecule has 0 aromatic heterocycles. The van der Waals surface area contributed by atoms with Crippen molar-refractivity contribution < 1.29 is 38.5 Å². The maximum absolute atomic E-state index is 12.9. The molecule has 0 aliphatic rings. The highest BCUT2D eigenvalue weighted by Gasteiger charge is 2.27. The largest absolute Gasteiger partial charge is 0.457 e. The first-order valence-electron chi connectivity index (χ1n) is 12.0. The number of carbonyl (C=O) groups excluding carboxylic acids is 4. The smallest absolute Gasteiger partial charge is 0.408 e. The summed E-state index contributed by atoms with van der Waals surface area (Å²) in [4.78, 5) is 48.8. The molecule has 0 unspecified atom stereocenters. The van der Waals surface area contributed by atoms with Gasteiger partial charge in [-0.15, -0.1) is 0 Å². The zero-order valence-corrected chi connectivity index (χ0v) is 23.3. The van der Waals surface area contributed by atoms with Crippen LogP contribution in [0.25, 0.3) is 0 Å². The Bertz CT molecular complexity index is 776. The molecule has 0 aliphatic heterocycles. The predicted molar refractivity (Wildman–Crippen MR) is 135 cm³/mol. The molecule has 0 radical (unpaired) electrons. The summed E-state index contributed by atoms with van der Waals surface area (Å²) in [6, 6.07) is -1.70. The van der Waals surface area contributed by atoms with E-state index >= 15 is 0 Å². The van der Waals surface area contributed by atoms with Crippen LogP contribution in [0, 0.1) is 0 Å². The average molecular weight is 516 g/mol. The second-order valence-corrected chi connectivity index (χ2v) is 11.5. The van der Waals surface area contributed by atoms with E-state index in [-0.39, 0.29) is 19.4 Å². The molecule has 0 saturated heterocycles. The molecule has 0 bridgehead atoms. The van der Waals surface area contributed by atoms with Crippen LogP contribution >= 0.6 is 0 Å². The molecule has 0 aromatic carbocycles. The Morgan fingerprint density at radius 3 is 1.81 bits per heavy atom. The van der Waals surface area contributed by atoms with Crippen LogP contribution in [0.2, 0.25) is 0 Å². The molecule has 36 heavy (non-hydrogen) atoms. The van der Waals surface area contributed by atoms with Crippen molar-refractivity contribution in [2.45, 2.75) is 117 Å². The molecule has 3 amide bonds. The Balaban J connectivity index is 5.11. The SMILES string of the molecule is C[C@@H](/C=C/C(=O)OC(C)(C)C)NC(=O)[C@H](C[C@H](O)CCNC(=O)OC(C)(C)C)NC(=O)OC(C)(C)C. The van der Waals surface area contributed by atoms with E-state index in [4.69, 9.17) is 14.2 Å². The van der Waals surface area contributed by atoms with Crippen molar-refractivity contribution in [2.75, 3.05) is 6.54 Å².